The summed E-state index contributed by atoms with van der Waals surface area (Å²) in [7, 11) is 0. The number of carbonyl (C=O) groups excluding carboxylic acids is 1. The van der Waals surface area contributed by atoms with Gasteiger partial charge in [-0.2, -0.15) is 0 Å². The second kappa shape index (κ2) is 8.02. The lowest BCUT2D eigenvalue weighted by Gasteiger charge is -2.34. The second-order valence-corrected chi connectivity index (χ2v) is 8.46. The summed E-state index contributed by atoms with van der Waals surface area (Å²) in [6.45, 7) is 5.61. The van der Waals surface area contributed by atoms with E-state index in [4.69, 9.17) is 9.72 Å². The number of ether oxygens (including phenoxy) is 1. The average molecular weight is 493 g/mol. The van der Waals surface area contributed by atoms with Crippen molar-refractivity contribution in [2.24, 2.45) is 0 Å². The Morgan fingerprint density at radius 2 is 1.93 bits per heavy atom. The van der Waals surface area contributed by atoms with Crippen LogP contribution in [0.4, 0.5) is 5.13 Å². The molecule has 0 spiro atoms. The first kappa shape index (κ1) is 18.5. The van der Waals surface area contributed by atoms with Crippen molar-refractivity contribution < 1.29 is 9.53 Å². The molecule has 1 amide bonds. The van der Waals surface area contributed by atoms with Gasteiger partial charge in [-0.15, -0.1) is 0 Å². The summed E-state index contributed by atoms with van der Waals surface area (Å²) >= 11 is 3.91. The van der Waals surface area contributed by atoms with Gasteiger partial charge in [-0.25, -0.2) is 4.98 Å². The maximum Gasteiger partial charge on any atom is 0.255 e. The molecule has 0 saturated carbocycles. The van der Waals surface area contributed by atoms with Crippen molar-refractivity contribution in [2.45, 2.75) is 6.92 Å². The number of aromatic nitrogens is 1. The van der Waals surface area contributed by atoms with Crippen molar-refractivity contribution in [2.75, 3.05) is 37.7 Å². The Kier molecular flexibility index (Phi) is 5.49. The molecular formula is C20H20IN3O2S. The summed E-state index contributed by atoms with van der Waals surface area (Å²) in [6.07, 6.45) is 0. The Morgan fingerprint density at radius 3 is 2.67 bits per heavy atom. The van der Waals surface area contributed by atoms with Crippen LogP contribution in [0.5, 0.6) is 5.75 Å². The summed E-state index contributed by atoms with van der Waals surface area (Å²) < 4.78 is 7.83. The zero-order valence-corrected chi connectivity index (χ0v) is 18.0. The van der Waals surface area contributed by atoms with E-state index in [1.165, 1.54) is 0 Å². The van der Waals surface area contributed by atoms with Crippen molar-refractivity contribution in [3.8, 4) is 5.75 Å². The van der Waals surface area contributed by atoms with Gasteiger partial charge in [-0.1, -0.05) is 29.5 Å². The molecule has 1 aliphatic heterocycles. The molecule has 7 heteroatoms. The first-order chi connectivity index (χ1) is 13.2. The number of anilines is 1. The molecule has 27 heavy (non-hydrogen) atoms. The summed E-state index contributed by atoms with van der Waals surface area (Å²) in [5, 5.41) is 0.999. The van der Waals surface area contributed by atoms with Crippen LogP contribution in [-0.4, -0.2) is 48.6 Å². The van der Waals surface area contributed by atoms with Crippen molar-refractivity contribution in [3.63, 3.8) is 0 Å². The van der Waals surface area contributed by atoms with Gasteiger partial charge in [-0.3, -0.25) is 4.79 Å². The number of piperazine rings is 1. The van der Waals surface area contributed by atoms with Crippen LogP contribution >= 0.6 is 33.9 Å². The quantitative estimate of drug-likeness (QED) is 0.510. The van der Waals surface area contributed by atoms with Crippen molar-refractivity contribution >= 4 is 55.2 Å². The molecule has 1 aliphatic rings. The summed E-state index contributed by atoms with van der Waals surface area (Å²) in [5.41, 5.74) is 1.71. The summed E-state index contributed by atoms with van der Waals surface area (Å²) in [4.78, 5) is 21.8. The number of hydrogen-bond donors (Lipinski definition) is 0. The Bertz CT molecular complexity index is 967. The van der Waals surface area contributed by atoms with Crippen LogP contribution in [0, 0.1) is 3.57 Å². The maximum absolute atomic E-state index is 12.8. The average Bonchev–Trinajstić information content (AvgIpc) is 3.14. The minimum atomic E-state index is 0.114. The molecule has 5 nitrogen and oxygen atoms in total. The summed E-state index contributed by atoms with van der Waals surface area (Å²) in [5.74, 6) is 0.951. The highest BCUT2D eigenvalue weighted by atomic mass is 127. The van der Waals surface area contributed by atoms with E-state index in [1.807, 2.05) is 48.2 Å². The lowest BCUT2D eigenvalue weighted by atomic mass is 10.2. The molecule has 0 atom stereocenters. The molecule has 0 aliphatic carbocycles. The van der Waals surface area contributed by atoms with Gasteiger partial charge in [0.05, 0.1) is 16.9 Å². The Hall–Kier alpha value is -1.87. The molecule has 1 aromatic heterocycles. The predicted octanol–water partition coefficient (Wildman–Crippen LogP) is 4.26. The zero-order chi connectivity index (χ0) is 18.8. The highest BCUT2D eigenvalue weighted by Crippen LogP contribution is 2.34. The fourth-order valence-electron chi connectivity index (χ4n) is 3.22. The molecular weight excluding hydrogens is 473 g/mol. The highest BCUT2D eigenvalue weighted by Gasteiger charge is 2.25. The fraction of sp³-hybridized carbons (Fsp3) is 0.300. The van der Waals surface area contributed by atoms with Gasteiger partial charge >= 0.3 is 0 Å². The molecule has 2 heterocycles. The first-order valence-corrected chi connectivity index (χ1v) is 10.9. The van der Waals surface area contributed by atoms with Gasteiger partial charge in [0.25, 0.3) is 5.91 Å². The van der Waals surface area contributed by atoms with Crippen LogP contribution in [0.2, 0.25) is 0 Å². The maximum atomic E-state index is 12.8. The van der Waals surface area contributed by atoms with E-state index in [9.17, 15) is 4.79 Å². The minimum Gasteiger partial charge on any atom is -0.492 e. The molecule has 0 unspecified atom stereocenters. The van der Waals surface area contributed by atoms with Gasteiger partial charge in [0.15, 0.2) is 5.13 Å². The number of para-hydroxylation sites is 1. The van der Waals surface area contributed by atoms with Crippen molar-refractivity contribution in [1.29, 1.82) is 0 Å². The number of nitrogens with zero attached hydrogens (tertiary/aromatic N) is 3. The van der Waals surface area contributed by atoms with E-state index in [-0.39, 0.29) is 5.91 Å². The smallest absolute Gasteiger partial charge is 0.255 e. The van der Waals surface area contributed by atoms with Crippen LogP contribution in [0.1, 0.15) is 17.3 Å². The largest absolute Gasteiger partial charge is 0.492 e. The van der Waals surface area contributed by atoms with Gasteiger partial charge in [0, 0.05) is 29.7 Å². The van der Waals surface area contributed by atoms with E-state index >= 15 is 0 Å². The third kappa shape index (κ3) is 3.75. The van der Waals surface area contributed by atoms with Gasteiger partial charge in [0.1, 0.15) is 11.3 Å². The molecule has 0 radical (unpaired) electrons. The van der Waals surface area contributed by atoms with Crippen LogP contribution in [0.25, 0.3) is 10.2 Å². The SMILES string of the molecule is CCOc1cccc2sc(N3CCN(C(=O)c4ccccc4I)CC3)nc12. The third-order valence-corrected chi connectivity index (χ3v) is 6.63. The third-order valence-electron chi connectivity index (χ3n) is 4.61. The normalized spacial score (nSPS) is 14.6. The molecule has 4 rings (SSSR count). The van der Waals surface area contributed by atoms with Crippen LogP contribution in [0.3, 0.4) is 0 Å². The topological polar surface area (TPSA) is 45.7 Å². The van der Waals surface area contributed by atoms with Crippen LogP contribution < -0.4 is 9.64 Å². The standard InChI is InChI=1S/C20H20IN3O2S/c1-2-26-16-8-5-9-17-18(16)22-20(27-17)24-12-10-23(11-13-24)19(25)14-6-3-4-7-15(14)21/h3-9H,2,10-13H2,1H3. The molecule has 0 N–H and O–H groups in total. The number of thiazole rings is 1. The van der Waals surface area contributed by atoms with E-state index in [1.54, 1.807) is 11.3 Å². The Labute approximate surface area is 176 Å². The van der Waals surface area contributed by atoms with Gasteiger partial charge < -0.3 is 14.5 Å². The number of fused-ring (bicyclic) bond motifs is 1. The number of rotatable bonds is 4. The van der Waals surface area contributed by atoms with E-state index in [0.717, 1.165) is 43.3 Å². The minimum absolute atomic E-state index is 0.114. The number of halogens is 1. The lowest BCUT2D eigenvalue weighted by Crippen LogP contribution is -2.48. The molecule has 1 fully saturated rings. The summed E-state index contributed by atoms with van der Waals surface area (Å²) in [6, 6.07) is 13.8. The van der Waals surface area contributed by atoms with Crippen LogP contribution in [0.15, 0.2) is 42.5 Å². The monoisotopic (exact) mass is 493 g/mol. The second-order valence-electron chi connectivity index (χ2n) is 6.29. The van der Waals surface area contributed by atoms with Crippen LogP contribution in [-0.2, 0) is 0 Å². The highest BCUT2D eigenvalue weighted by molar-refractivity contribution is 14.1. The number of hydrogen-bond acceptors (Lipinski definition) is 5. The van der Waals surface area contributed by atoms with Crippen molar-refractivity contribution in [1.82, 2.24) is 9.88 Å². The van der Waals surface area contributed by atoms with Crippen molar-refractivity contribution in [3.05, 3.63) is 51.6 Å². The predicted molar refractivity (Wildman–Crippen MR) is 118 cm³/mol. The van der Waals surface area contributed by atoms with E-state index < -0.39 is 0 Å². The fourth-order valence-corrected chi connectivity index (χ4v) is 4.88. The number of carbonyl (C=O) groups is 1. The number of benzene rings is 2. The zero-order valence-electron chi connectivity index (χ0n) is 15.0. The Morgan fingerprint density at radius 1 is 1.15 bits per heavy atom. The molecule has 2 aromatic carbocycles. The first-order valence-electron chi connectivity index (χ1n) is 8.98. The Balaban J connectivity index is 1.48. The van der Waals surface area contributed by atoms with Gasteiger partial charge in [-0.05, 0) is 53.8 Å². The number of amides is 1. The molecule has 140 valence electrons. The molecule has 3 aromatic rings. The van der Waals surface area contributed by atoms with Gasteiger partial charge in [0.2, 0.25) is 0 Å². The molecule has 0 bridgehead atoms. The van der Waals surface area contributed by atoms with E-state index in [2.05, 4.69) is 33.6 Å². The molecule has 1 saturated heterocycles. The van der Waals surface area contributed by atoms with E-state index in [0.29, 0.717) is 19.7 Å². The lowest BCUT2D eigenvalue weighted by molar-refractivity contribution is 0.0745.